The normalized spacial score (nSPS) is 11.9. The van der Waals surface area contributed by atoms with Crippen LogP contribution >= 0.6 is 11.6 Å². The fourth-order valence-corrected chi connectivity index (χ4v) is 2.05. The highest BCUT2D eigenvalue weighted by Crippen LogP contribution is 2.20. The molecule has 0 heterocycles. The second kappa shape index (κ2) is 7.39. The molecule has 0 fully saturated rings. The van der Waals surface area contributed by atoms with Crippen molar-refractivity contribution in [1.29, 1.82) is 0 Å². The predicted molar refractivity (Wildman–Crippen MR) is 84.5 cm³/mol. The zero-order chi connectivity index (χ0) is 17.0. The number of hydrogen-bond donors (Lipinski definition) is 3. The van der Waals surface area contributed by atoms with Crippen LogP contribution in [0.5, 0.6) is 0 Å². The minimum absolute atomic E-state index is 0.0479. The first-order valence-electron chi connectivity index (χ1n) is 6.81. The molecule has 23 heavy (non-hydrogen) atoms. The summed E-state index contributed by atoms with van der Waals surface area (Å²) >= 11 is 5.56. The van der Waals surface area contributed by atoms with E-state index >= 15 is 0 Å². The van der Waals surface area contributed by atoms with E-state index in [4.69, 9.17) is 11.6 Å². The lowest BCUT2D eigenvalue weighted by Crippen LogP contribution is -2.32. The summed E-state index contributed by atoms with van der Waals surface area (Å²) < 4.78 is 26.7. The summed E-state index contributed by atoms with van der Waals surface area (Å²) in [7, 11) is 0. The van der Waals surface area contributed by atoms with Crippen LogP contribution in [-0.4, -0.2) is 17.7 Å². The number of rotatable bonds is 4. The number of urea groups is 1. The van der Waals surface area contributed by atoms with Gasteiger partial charge in [-0.05, 0) is 36.8 Å². The van der Waals surface area contributed by atoms with Gasteiger partial charge in [0.05, 0.1) is 11.1 Å². The first-order chi connectivity index (χ1) is 10.9. The average molecular weight is 341 g/mol. The molecule has 0 aromatic heterocycles. The predicted octanol–water partition coefficient (Wildman–Crippen LogP) is 3.78. The largest absolute Gasteiger partial charge is 0.387 e. The molecule has 7 heteroatoms. The number of hydrogen-bond acceptors (Lipinski definition) is 2. The number of halogens is 3. The quantitative estimate of drug-likeness (QED) is 0.793. The Labute approximate surface area is 137 Å². The molecule has 0 aliphatic carbocycles. The van der Waals surface area contributed by atoms with Gasteiger partial charge in [0.1, 0.15) is 11.6 Å². The number of carbonyl (C=O) groups is 1. The number of anilines is 1. The highest BCUT2D eigenvalue weighted by molar-refractivity contribution is 6.30. The Bertz CT molecular complexity index is 725. The molecule has 1 unspecified atom stereocenters. The van der Waals surface area contributed by atoms with Gasteiger partial charge in [0, 0.05) is 17.8 Å². The monoisotopic (exact) mass is 340 g/mol. The molecule has 0 saturated heterocycles. The summed E-state index contributed by atoms with van der Waals surface area (Å²) in [6.07, 6.45) is -1.10. The summed E-state index contributed by atoms with van der Waals surface area (Å²) in [6, 6.07) is 7.61. The van der Waals surface area contributed by atoms with E-state index < -0.39 is 23.8 Å². The number of aliphatic hydroxyl groups is 1. The molecule has 0 spiro atoms. The Hall–Kier alpha value is -2.18. The third-order valence-corrected chi connectivity index (χ3v) is 3.61. The van der Waals surface area contributed by atoms with Gasteiger partial charge < -0.3 is 15.7 Å². The maximum absolute atomic E-state index is 13.4. The Morgan fingerprint density at radius 1 is 1.26 bits per heavy atom. The molecule has 2 amide bonds. The van der Waals surface area contributed by atoms with E-state index in [0.717, 1.165) is 6.07 Å². The lowest BCUT2D eigenvalue weighted by atomic mass is 10.1. The van der Waals surface area contributed by atoms with Crippen molar-refractivity contribution in [3.63, 3.8) is 0 Å². The van der Waals surface area contributed by atoms with Gasteiger partial charge in [-0.25, -0.2) is 13.6 Å². The van der Waals surface area contributed by atoms with Gasteiger partial charge >= 0.3 is 6.03 Å². The standard InChI is InChI=1S/C16H15ClF2N2O2/c1-9-12(18)3-2-4-14(9)21-16(23)20-8-15(22)10-5-6-11(17)13(19)7-10/h2-7,15,22H,8H2,1H3,(H2,20,21,23). The van der Waals surface area contributed by atoms with E-state index in [9.17, 15) is 18.7 Å². The lowest BCUT2D eigenvalue weighted by Gasteiger charge is -2.14. The number of nitrogens with one attached hydrogen (secondary N) is 2. The van der Waals surface area contributed by atoms with E-state index in [-0.39, 0.29) is 17.1 Å². The topological polar surface area (TPSA) is 61.4 Å². The smallest absolute Gasteiger partial charge is 0.319 e. The highest BCUT2D eigenvalue weighted by atomic mass is 35.5. The van der Waals surface area contributed by atoms with Gasteiger partial charge in [0.15, 0.2) is 0 Å². The van der Waals surface area contributed by atoms with Gasteiger partial charge in [-0.15, -0.1) is 0 Å². The zero-order valence-electron chi connectivity index (χ0n) is 12.2. The molecule has 4 nitrogen and oxygen atoms in total. The van der Waals surface area contributed by atoms with E-state index in [1.807, 2.05) is 0 Å². The van der Waals surface area contributed by atoms with Crippen molar-refractivity contribution in [2.24, 2.45) is 0 Å². The van der Waals surface area contributed by atoms with Crippen LogP contribution in [-0.2, 0) is 0 Å². The molecule has 0 saturated carbocycles. The molecule has 2 rings (SSSR count). The number of aliphatic hydroxyl groups excluding tert-OH is 1. The molecule has 0 aliphatic rings. The van der Waals surface area contributed by atoms with Gasteiger partial charge in [-0.3, -0.25) is 0 Å². The van der Waals surface area contributed by atoms with Crippen LogP contribution in [0.1, 0.15) is 17.2 Å². The Morgan fingerprint density at radius 2 is 2.00 bits per heavy atom. The highest BCUT2D eigenvalue weighted by Gasteiger charge is 2.12. The second-order valence-corrected chi connectivity index (χ2v) is 5.34. The Kier molecular flexibility index (Phi) is 5.52. The first-order valence-corrected chi connectivity index (χ1v) is 7.19. The van der Waals surface area contributed by atoms with Crippen LogP contribution in [0.25, 0.3) is 0 Å². The Morgan fingerprint density at radius 3 is 2.70 bits per heavy atom. The third kappa shape index (κ3) is 4.40. The molecule has 2 aromatic rings. The minimum Gasteiger partial charge on any atom is -0.387 e. The van der Waals surface area contributed by atoms with Crippen LogP contribution in [0.3, 0.4) is 0 Å². The van der Waals surface area contributed by atoms with Gasteiger partial charge in [-0.2, -0.15) is 0 Å². The third-order valence-electron chi connectivity index (χ3n) is 3.30. The van der Waals surface area contributed by atoms with Gasteiger partial charge in [0.25, 0.3) is 0 Å². The van der Waals surface area contributed by atoms with Crippen LogP contribution < -0.4 is 10.6 Å². The summed E-state index contributed by atoms with van der Waals surface area (Å²) in [5.74, 6) is -1.08. The molecule has 0 bridgehead atoms. The van der Waals surface area contributed by atoms with Crippen molar-refractivity contribution in [2.75, 3.05) is 11.9 Å². The minimum atomic E-state index is -1.10. The summed E-state index contributed by atoms with van der Waals surface area (Å²) in [4.78, 5) is 11.8. The van der Waals surface area contributed by atoms with Crippen LogP contribution in [0.2, 0.25) is 5.02 Å². The zero-order valence-corrected chi connectivity index (χ0v) is 13.0. The first kappa shape index (κ1) is 17.2. The van der Waals surface area contributed by atoms with Crippen LogP contribution in [0.15, 0.2) is 36.4 Å². The number of amides is 2. The maximum atomic E-state index is 13.4. The molecule has 122 valence electrons. The molecule has 0 radical (unpaired) electrons. The summed E-state index contributed by atoms with van der Waals surface area (Å²) in [6.45, 7) is 1.40. The van der Waals surface area contributed by atoms with Gasteiger partial charge in [0.2, 0.25) is 0 Å². The van der Waals surface area contributed by atoms with Crippen molar-refractivity contribution in [3.05, 3.63) is 64.2 Å². The maximum Gasteiger partial charge on any atom is 0.319 e. The molecular formula is C16H15ClF2N2O2. The Balaban J connectivity index is 1.93. The summed E-state index contributed by atoms with van der Waals surface area (Å²) in [5, 5.41) is 14.8. The van der Waals surface area contributed by atoms with Crippen molar-refractivity contribution < 1.29 is 18.7 Å². The van der Waals surface area contributed by atoms with Crippen LogP contribution in [0, 0.1) is 18.6 Å². The molecule has 2 aromatic carbocycles. The van der Waals surface area contributed by atoms with Crippen molar-refractivity contribution >= 4 is 23.3 Å². The molecule has 1 atom stereocenters. The van der Waals surface area contributed by atoms with E-state index in [1.165, 1.54) is 31.2 Å². The second-order valence-electron chi connectivity index (χ2n) is 4.94. The fourth-order valence-electron chi connectivity index (χ4n) is 1.94. The lowest BCUT2D eigenvalue weighted by molar-refractivity contribution is 0.174. The fraction of sp³-hybridized carbons (Fsp3) is 0.188. The summed E-state index contributed by atoms with van der Waals surface area (Å²) in [5.41, 5.74) is 0.923. The van der Waals surface area contributed by atoms with Crippen molar-refractivity contribution in [2.45, 2.75) is 13.0 Å². The van der Waals surface area contributed by atoms with E-state index in [2.05, 4.69) is 10.6 Å². The van der Waals surface area contributed by atoms with E-state index in [1.54, 1.807) is 6.07 Å². The SMILES string of the molecule is Cc1c(F)cccc1NC(=O)NCC(O)c1ccc(Cl)c(F)c1. The molecule has 0 aliphatic heterocycles. The number of benzene rings is 2. The van der Waals surface area contributed by atoms with Gasteiger partial charge in [-0.1, -0.05) is 23.7 Å². The average Bonchev–Trinajstić information content (AvgIpc) is 2.52. The molecular weight excluding hydrogens is 326 g/mol. The van der Waals surface area contributed by atoms with Crippen molar-refractivity contribution in [1.82, 2.24) is 5.32 Å². The number of carbonyl (C=O) groups excluding carboxylic acids is 1. The molecule has 3 N–H and O–H groups in total. The van der Waals surface area contributed by atoms with Crippen LogP contribution in [0.4, 0.5) is 19.3 Å². The van der Waals surface area contributed by atoms with Crippen molar-refractivity contribution in [3.8, 4) is 0 Å². The van der Waals surface area contributed by atoms with E-state index in [0.29, 0.717) is 11.3 Å².